The minimum absolute atomic E-state index is 0.0145. The largest absolute Gasteiger partial charge is 0.478 e. The zero-order valence-corrected chi connectivity index (χ0v) is 10.9. The molecule has 0 unspecified atom stereocenters. The Labute approximate surface area is 120 Å². The van der Waals surface area contributed by atoms with E-state index in [4.69, 9.17) is 10.8 Å². The molecule has 0 radical (unpaired) electrons. The number of hydrogen-bond donors (Lipinski definition) is 3. The summed E-state index contributed by atoms with van der Waals surface area (Å²) in [5, 5.41) is 13.1. The number of hydrogen-bond acceptors (Lipinski definition) is 5. The summed E-state index contributed by atoms with van der Waals surface area (Å²) in [5.74, 6) is -0.686. The normalized spacial score (nSPS) is 10.5. The average molecular weight is 280 g/mol. The van der Waals surface area contributed by atoms with Crippen LogP contribution in [0.4, 0.5) is 17.2 Å². The lowest BCUT2D eigenvalue weighted by atomic mass is 10.2. The van der Waals surface area contributed by atoms with Gasteiger partial charge in [0.15, 0.2) is 0 Å². The van der Waals surface area contributed by atoms with Gasteiger partial charge in [0.05, 0.1) is 28.7 Å². The van der Waals surface area contributed by atoms with Gasteiger partial charge in [-0.2, -0.15) is 0 Å². The van der Waals surface area contributed by atoms with E-state index in [2.05, 4.69) is 15.3 Å². The van der Waals surface area contributed by atoms with Crippen molar-refractivity contribution in [3.8, 4) is 0 Å². The molecule has 104 valence electrons. The van der Waals surface area contributed by atoms with Crippen LogP contribution in [0.25, 0.3) is 10.9 Å². The van der Waals surface area contributed by atoms with Crippen LogP contribution in [0.1, 0.15) is 10.4 Å². The van der Waals surface area contributed by atoms with E-state index >= 15 is 0 Å². The van der Waals surface area contributed by atoms with Gasteiger partial charge in [-0.25, -0.2) is 9.78 Å². The van der Waals surface area contributed by atoms with Gasteiger partial charge in [0.25, 0.3) is 0 Å². The van der Waals surface area contributed by atoms with Gasteiger partial charge in [0.1, 0.15) is 5.82 Å². The Bertz CT molecular complexity index is 828. The van der Waals surface area contributed by atoms with Crippen molar-refractivity contribution in [1.82, 2.24) is 9.97 Å². The fourth-order valence-corrected chi connectivity index (χ4v) is 2.06. The summed E-state index contributed by atoms with van der Waals surface area (Å²) in [6.07, 6.45) is 3.02. The first-order valence-electron chi connectivity index (χ1n) is 6.25. The van der Waals surface area contributed by atoms with E-state index in [1.165, 1.54) is 12.3 Å². The fraction of sp³-hybridized carbons (Fsp3) is 0. The van der Waals surface area contributed by atoms with Gasteiger partial charge >= 0.3 is 5.97 Å². The molecule has 0 aliphatic carbocycles. The standard InChI is InChI=1S/C15H12N4O2/c16-11-8-18-13(7-10(11)15(20)21)19-12-5-1-3-9-4-2-6-17-14(9)12/h1-8H,16H2,(H,18,19)(H,20,21). The van der Waals surface area contributed by atoms with Crippen LogP contribution < -0.4 is 11.1 Å². The number of carboxylic acids is 1. The van der Waals surface area contributed by atoms with Crippen molar-refractivity contribution in [3.05, 3.63) is 54.4 Å². The number of nitrogen functional groups attached to an aromatic ring is 1. The van der Waals surface area contributed by atoms with E-state index in [1.54, 1.807) is 6.20 Å². The van der Waals surface area contributed by atoms with E-state index in [0.717, 1.165) is 16.6 Å². The third-order valence-corrected chi connectivity index (χ3v) is 3.06. The van der Waals surface area contributed by atoms with Crippen LogP contribution in [-0.2, 0) is 0 Å². The van der Waals surface area contributed by atoms with Gasteiger partial charge in [-0.1, -0.05) is 18.2 Å². The second-order valence-corrected chi connectivity index (χ2v) is 4.47. The Balaban J connectivity index is 2.03. The lowest BCUT2D eigenvalue weighted by molar-refractivity contribution is 0.0698. The molecule has 6 nitrogen and oxygen atoms in total. The molecule has 3 aromatic rings. The molecule has 0 bridgehead atoms. The Morgan fingerprint density at radius 3 is 2.81 bits per heavy atom. The number of rotatable bonds is 3. The lowest BCUT2D eigenvalue weighted by Crippen LogP contribution is -2.05. The number of nitrogens with zero attached hydrogens (tertiary/aromatic N) is 2. The highest BCUT2D eigenvalue weighted by Crippen LogP contribution is 2.25. The van der Waals surface area contributed by atoms with Crippen LogP contribution in [0.3, 0.4) is 0 Å². The monoisotopic (exact) mass is 280 g/mol. The van der Waals surface area contributed by atoms with Crippen LogP contribution >= 0.6 is 0 Å². The highest BCUT2D eigenvalue weighted by Gasteiger charge is 2.10. The summed E-state index contributed by atoms with van der Waals surface area (Å²) in [6, 6.07) is 10.9. The number of nitrogens with one attached hydrogen (secondary N) is 1. The molecular formula is C15H12N4O2. The molecule has 0 fully saturated rings. The summed E-state index contributed by atoms with van der Waals surface area (Å²) in [5.41, 5.74) is 7.27. The maximum Gasteiger partial charge on any atom is 0.337 e. The first kappa shape index (κ1) is 12.9. The van der Waals surface area contributed by atoms with Crippen molar-refractivity contribution in [2.45, 2.75) is 0 Å². The van der Waals surface area contributed by atoms with Gasteiger partial charge in [-0.3, -0.25) is 4.98 Å². The zero-order valence-electron chi connectivity index (χ0n) is 10.9. The minimum Gasteiger partial charge on any atom is -0.478 e. The molecule has 2 heterocycles. The van der Waals surface area contributed by atoms with Gasteiger partial charge in [-0.05, 0) is 18.2 Å². The van der Waals surface area contributed by atoms with Crippen LogP contribution in [-0.4, -0.2) is 21.0 Å². The Hall–Kier alpha value is -3.15. The zero-order chi connectivity index (χ0) is 14.8. The molecule has 6 heteroatoms. The SMILES string of the molecule is Nc1cnc(Nc2cccc3cccnc23)cc1C(=O)O. The number of nitrogens with two attached hydrogens (primary N) is 1. The lowest BCUT2D eigenvalue weighted by Gasteiger charge is -2.09. The quantitative estimate of drug-likeness (QED) is 0.681. The van der Waals surface area contributed by atoms with Crippen molar-refractivity contribution in [3.63, 3.8) is 0 Å². The van der Waals surface area contributed by atoms with E-state index in [0.29, 0.717) is 5.82 Å². The topological polar surface area (TPSA) is 101 Å². The molecule has 4 N–H and O–H groups in total. The second kappa shape index (κ2) is 5.09. The first-order valence-corrected chi connectivity index (χ1v) is 6.25. The van der Waals surface area contributed by atoms with E-state index in [1.807, 2.05) is 30.3 Å². The van der Waals surface area contributed by atoms with Gasteiger partial charge in [-0.15, -0.1) is 0 Å². The average Bonchev–Trinajstić information content (AvgIpc) is 2.49. The smallest absolute Gasteiger partial charge is 0.337 e. The van der Waals surface area contributed by atoms with Crippen molar-refractivity contribution >= 4 is 34.1 Å². The number of aromatic nitrogens is 2. The van der Waals surface area contributed by atoms with E-state index < -0.39 is 5.97 Å². The molecule has 2 aromatic heterocycles. The number of benzene rings is 1. The first-order chi connectivity index (χ1) is 10.1. The fourth-order valence-electron chi connectivity index (χ4n) is 2.06. The number of fused-ring (bicyclic) bond motifs is 1. The summed E-state index contributed by atoms with van der Waals surface area (Å²) >= 11 is 0. The van der Waals surface area contributed by atoms with Gasteiger partial charge < -0.3 is 16.2 Å². The molecule has 0 aliphatic heterocycles. The Morgan fingerprint density at radius 2 is 2.00 bits per heavy atom. The molecule has 0 amide bonds. The summed E-state index contributed by atoms with van der Waals surface area (Å²) in [7, 11) is 0. The van der Waals surface area contributed by atoms with Crippen molar-refractivity contribution in [1.29, 1.82) is 0 Å². The summed E-state index contributed by atoms with van der Waals surface area (Å²) in [6.45, 7) is 0. The maximum atomic E-state index is 11.1. The summed E-state index contributed by atoms with van der Waals surface area (Å²) in [4.78, 5) is 19.5. The van der Waals surface area contributed by atoms with Crippen LogP contribution in [0, 0.1) is 0 Å². The Kier molecular flexibility index (Phi) is 3.12. The van der Waals surface area contributed by atoms with E-state index in [-0.39, 0.29) is 11.3 Å². The predicted octanol–water partition coefficient (Wildman–Crippen LogP) is 2.65. The number of para-hydroxylation sites is 1. The number of pyridine rings is 2. The molecule has 0 spiro atoms. The van der Waals surface area contributed by atoms with Gasteiger partial charge in [0.2, 0.25) is 0 Å². The van der Waals surface area contributed by atoms with Crippen LogP contribution in [0.5, 0.6) is 0 Å². The Morgan fingerprint density at radius 1 is 1.19 bits per heavy atom. The number of anilines is 3. The van der Waals surface area contributed by atoms with E-state index in [9.17, 15) is 4.79 Å². The van der Waals surface area contributed by atoms with Crippen molar-refractivity contribution < 1.29 is 9.90 Å². The maximum absolute atomic E-state index is 11.1. The third kappa shape index (κ3) is 2.46. The number of carbonyl (C=O) groups is 1. The highest BCUT2D eigenvalue weighted by atomic mass is 16.4. The molecule has 3 rings (SSSR count). The van der Waals surface area contributed by atoms with Crippen LogP contribution in [0.2, 0.25) is 0 Å². The van der Waals surface area contributed by atoms with Crippen molar-refractivity contribution in [2.24, 2.45) is 0 Å². The molecule has 0 saturated heterocycles. The number of aromatic carboxylic acids is 1. The minimum atomic E-state index is -1.09. The second-order valence-electron chi connectivity index (χ2n) is 4.47. The molecule has 1 aromatic carbocycles. The molecule has 21 heavy (non-hydrogen) atoms. The third-order valence-electron chi connectivity index (χ3n) is 3.06. The van der Waals surface area contributed by atoms with Gasteiger partial charge in [0, 0.05) is 11.6 Å². The highest BCUT2D eigenvalue weighted by molar-refractivity contribution is 5.95. The predicted molar refractivity (Wildman–Crippen MR) is 80.6 cm³/mol. The van der Waals surface area contributed by atoms with Crippen LogP contribution in [0.15, 0.2) is 48.8 Å². The molecular weight excluding hydrogens is 268 g/mol. The summed E-state index contributed by atoms with van der Waals surface area (Å²) < 4.78 is 0. The van der Waals surface area contributed by atoms with Crippen molar-refractivity contribution in [2.75, 3.05) is 11.1 Å². The molecule has 0 saturated carbocycles. The molecule has 0 aliphatic rings. The number of carboxylic acid groups (broad SMARTS) is 1. The molecule has 0 atom stereocenters.